The Labute approximate surface area is 160 Å². The average molecular weight is 374 g/mol. The van der Waals surface area contributed by atoms with Crippen molar-refractivity contribution in [1.82, 2.24) is 0 Å². The second-order valence-electron chi connectivity index (χ2n) is 4.97. The van der Waals surface area contributed by atoms with Crippen LogP contribution in [-0.2, 0) is 28.6 Å². The van der Waals surface area contributed by atoms with Crippen LogP contribution in [0.2, 0.25) is 0 Å². The Bertz CT molecular complexity index is 597. The summed E-state index contributed by atoms with van der Waals surface area (Å²) in [5.41, 5.74) is 0. The molecule has 0 rings (SSSR count). The van der Waals surface area contributed by atoms with Crippen LogP contribution < -0.4 is 0 Å². The Hall–Kier alpha value is -3.15. The lowest BCUT2D eigenvalue weighted by Crippen LogP contribution is -2.29. The molecular formula is C21H26O6. The molecule has 0 aromatic heterocycles. The normalized spacial score (nSPS) is 12.4. The predicted molar refractivity (Wildman–Crippen MR) is 104 cm³/mol. The zero-order valence-electron chi connectivity index (χ0n) is 15.9. The van der Waals surface area contributed by atoms with Crippen molar-refractivity contribution in [2.24, 2.45) is 0 Å². The molecule has 0 radical (unpaired) electrons. The summed E-state index contributed by atoms with van der Waals surface area (Å²) in [5, 5.41) is 0. The van der Waals surface area contributed by atoms with Gasteiger partial charge in [-0.1, -0.05) is 54.7 Å². The van der Waals surface area contributed by atoms with Gasteiger partial charge in [-0.05, 0) is 20.8 Å². The van der Waals surface area contributed by atoms with Crippen LogP contribution in [0.3, 0.4) is 0 Å². The first-order valence-electron chi connectivity index (χ1n) is 8.45. The molecule has 0 aliphatic heterocycles. The van der Waals surface area contributed by atoms with Gasteiger partial charge in [0.25, 0.3) is 0 Å². The van der Waals surface area contributed by atoms with Gasteiger partial charge in [-0.15, -0.1) is 0 Å². The number of allylic oxidation sites excluding steroid dienone is 9. The molecule has 0 aliphatic rings. The average Bonchev–Trinajstić information content (AvgIpc) is 2.64. The lowest BCUT2D eigenvalue weighted by Gasteiger charge is -2.16. The molecule has 0 spiro atoms. The Morgan fingerprint density at radius 1 is 0.630 bits per heavy atom. The third kappa shape index (κ3) is 14.9. The molecule has 0 saturated carbocycles. The van der Waals surface area contributed by atoms with Crippen molar-refractivity contribution in [2.75, 3.05) is 13.2 Å². The van der Waals surface area contributed by atoms with E-state index in [9.17, 15) is 14.4 Å². The van der Waals surface area contributed by atoms with E-state index in [1.807, 2.05) is 13.8 Å². The summed E-state index contributed by atoms with van der Waals surface area (Å²) in [6, 6.07) is 0. The fourth-order valence-electron chi connectivity index (χ4n) is 1.50. The largest absolute Gasteiger partial charge is 0.458 e. The van der Waals surface area contributed by atoms with Gasteiger partial charge in [-0.25, -0.2) is 14.4 Å². The zero-order chi connectivity index (χ0) is 20.3. The van der Waals surface area contributed by atoms with Crippen LogP contribution in [0.1, 0.15) is 20.8 Å². The molecule has 0 N–H and O–H groups in total. The number of carbonyl (C=O) groups is 3. The smallest absolute Gasteiger partial charge is 0.331 e. The SMILES string of the molecule is C/C=C/C=C/C(=O)OCC(COC(=O)/C=C/C=C/C)OC(=O)/C=C/C=C/C. The highest BCUT2D eigenvalue weighted by molar-refractivity contribution is 5.83. The number of carbonyl (C=O) groups excluding carboxylic acids is 3. The van der Waals surface area contributed by atoms with Crippen molar-refractivity contribution >= 4 is 17.9 Å². The van der Waals surface area contributed by atoms with Crippen LogP contribution in [-0.4, -0.2) is 37.2 Å². The third-order valence-corrected chi connectivity index (χ3v) is 2.71. The van der Waals surface area contributed by atoms with E-state index >= 15 is 0 Å². The van der Waals surface area contributed by atoms with Crippen molar-refractivity contribution in [3.8, 4) is 0 Å². The molecule has 146 valence electrons. The molecule has 0 aromatic rings. The molecule has 0 bridgehead atoms. The van der Waals surface area contributed by atoms with Gasteiger partial charge >= 0.3 is 17.9 Å². The van der Waals surface area contributed by atoms with E-state index in [2.05, 4.69) is 0 Å². The van der Waals surface area contributed by atoms with Crippen molar-refractivity contribution in [3.05, 3.63) is 72.9 Å². The summed E-state index contributed by atoms with van der Waals surface area (Å²) in [4.78, 5) is 35.0. The molecule has 0 heterocycles. The number of esters is 3. The maximum absolute atomic E-state index is 11.8. The molecule has 0 aliphatic carbocycles. The Morgan fingerprint density at radius 2 is 1.00 bits per heavy atom. The van der Waals surface area contributed by atoms with Crippen LogP contribution in [0.15, 0.2) is 72.9 Å². The van der Waals surface area contributed by atoms with Gasteiger partial charge in [0.1, 0.15) is 13.2 Å². The molecule has 0 unspecified atom stereocenters. The lowest BCUT2D eigenvalue weighted by molar-refractivity contribution is -0.160. The van der Waals surface area contributed by atoms with Crippen molar-refractivity contribution in [3.63, 3.8) is 0 Å². The van der Waals surface area contributed by atoms with Gasteiger partial charge in [-0.3, -0.25) is 0 Å². The molecule has 6 heteroatoms. The van der Waals surface area contributed by atoms with Gasteiger partial charge in [0, 0.05) is 18.2 Å². The predicted octanol–water partition coefficient (Wildman–Crippen LogP) is 3.38. The van der Waals surface area contributed by atoms with Crippen molar-refractivity contribution in [2.45, 2.75) is 26.9 Å². The molecule has 0 aromatic carbocycles. The van der Waals surface area contributed by atoms with E-state index in [1.165, 1.54) is 36.5 Å². The summed E-state index contributed by atoms with van der Waals surface area (Å²) in [6.45, 7) is 4.94. The van der Waals surface area contributed by atoms with E-state index in [4.69, 9.17) is 14.2 Å². The minimum absolute atomic E-state index is 0.242. The summed E-state index contributed by atoms with van der Waals surface area (Å²) in [7, 11) is 0. The van der Waals surface area contributed by atoms with Gasteiger partial charge in [0.05, 0.1) is 0 Å². The van der Waals surface area contributed by atoms with E-state index in [-0.39, 0.29) is 13.2 Å². The van der Waals surface area contributed by atoms with Crippen molar-refractivity contribution in [1.29, 1.82) is 0 Å². The summed E-state index contributed by atoms with van der Waals surface area (Å²) >= 11 is 0. The fraction of sp³-hybridized carbons (Fsp3) is 0.286. The summed E-state index contributed by atoms with van der Waals surface area (Å²) < 4.78 is 15.2. The summed E-state index contributed by atoms with van der Waals surface area (Å²) in [5.74, 6) is -1.84. The second-order valence-corrected chi connectivity index (χ2v) is 4.97. The van der Waals surface area contributed by atoms with Crippen LogP contribution in [0, 0.1) is 0 Å². The lowest BCUT2D eigenvalue weighted by atomic mass is 10.4. The monoisotopic (exact) mass is 374 g/mol. The van der Waals surface area contributed by atoms with Gasteiger partial charge in [0.2, 0.25) is 0 Å². The Kier molecular flexibility index (Phi) is 14.4. The van der Waals surface area contributed by atoms with Gasteiger partial charge in [0.15, 0.2) is 6.10 Å². The third-order valence-electron chi connectivity index (χ3n) is 2.71. The minimum atomic E-state index is -0.925. The summed E-state index contributed by atoms with van der Waals surface area (Å²) in [6.07, 6.45) is 17.6. The molecule has 0 saturated heterocycles. The Balaban J connectivity index is 4.75. The van der Waals surface area contributed by atoms with E-state index in [0.29, 0.717) is 0 Å². The maximum atomic E-state index is 11.8. The van der Waals surface area contributed by atoms with Crippen molar-refractivity contribution < 1.29 is 28.6 Å². The molecule has 6 nitrogen and oxygen atoms in total. The van der Waals surface area contributed by atoms with E-state index in [0.717, 1.165) is 0 Å². The number of rotatable bonds is 11. The van der Waals surface area contributed by atoms with Gasteiger partial charge in [-0.2, -0.15) is 0 Å². The van der Waals surface area contributed by atoms with Crippen LogP contribution >= 0.6 is 0 Å². The zero-order valence-corrected chi connectivity index (χ0v) is 15.9. The number of ether oxygens (including phenoxy) is 3. The highest BCUT2D eigenvalue weighted by Gasteiger charge is 2.17. The van der Waals surface area contributed by atoms with Crippen LogP contribution in [0.5, 0.6) is 0 Å². The van der Waals surface area contributed by atoms with E-state index < -0.39 is 24.0 Å². The topological polar surface area (TPSA) is 78.9 Å². The first-order chi connectivity index (χ1) is 13.0. The molecule has 0 fully saturated rings. The standard InChI is InChI=1S/C21H26O6/c1-4-7-10-13-19(22)25-16-18(27-21(24)15-12-9-6-3)17-26-20(23)14-11-8-5-2/h4-15,18H,16-17H2,1-3H3/b7-4+,8-5+,9-6+,13-10+,14-11+,15-12+. The maximum Gasteiger partial charge on any atom is 0.331 e. The Morgan fingerprint density at radius 3 is 1.37 bits per heavy atom. The highest BCUT2D eigenvalue weighted by atomic mass is 16.6. The number of hydrogen-bond acceptors (Lipinski definition) is 6. The number of hydrogen-bond donors (Lipinski definition) is 0. The van der Waals surface area contributed by atoms with E-state index in [1.54, 1.807) is 43.4 Å². The molecule has 0 amide bonds. The fourth-order valence-corrected chi connectivity index (χ4v) is 1.50. The molecule has 27 heavy (non-hydrogen) atoms. The van der Waals surface area contributed by atoms with Crippen LogP contribution in [0.4, 0.5) is 0 Å². The first-order valence-corrected chi connectivity index (χ1v) is 8.45. The van der Waals surface area contributed by atoms with Gasteiger partial charge < -0.3 is 14.2 Å². The minimum Gasteiger partial charge on any atom is -0.458 e. The first kappa shape index (κ1) is 23.9. The molecular weight excluding hydrogens is 348 g/mol. The highest BCUT2D eigenvalue weighted by Crippen LogP contribution is 2.00. The van der Waals surface area contributed by atoms with Crippen LogP contribution in [0.25, 0.3) is 0 Å². The molecule has 0 atom stereocenters. The second kappa shape index (κ2) is 16.3. The quantitative estimate of drug-likeness (QED) is 0.239.